The number of carbonyl (C=O) groups excluding carboxylic acids is 1. The number of H-pyrrole nitrogens is 1. The molecule has 5 rings (SSSR count). The first-order valence-corrected chi connectivity index (χ1v) is 10.0. The molecule has 3 aliphatic heterocycles. The van der Waals surface area contributed by atoms with Crippen LogP contribution in [0.4, 0.5) is 0 Å². The van der Waals surface area contributed by atoms with Crippen molar-refractivity contribution in [2.45, 2.75) is 38.8 Å². The van der Waals surface area contributed by atoms with Gasteiger partial charge in [0.1, 0.15) is 17.8 Å². The molecule has 28 heavy (non-hydrogen) atoms. The van der Waals surface area contributed by atoms with Gasteiger partial charge in [-0.3, -0.25) is 9.69 Å². The summed E-state index contributed by atoms with van der Waals surface area (Å²) >= 11 is 0. The summed E-state index contributed by atoms with van der Waals surface area (Å²) in [4.78, 5) is 17.8. The molecule has 4 heterocycles. The van der Waals surface area contributed by atoms with E-state index < -0.39 is 0 Å². The monoisotopic (exact) mass is 382 g/mol. The topological polar surface area (TPSA) is 63.8 Å². The van der Waals surface area contributed by atoms with Crippen molar-refractivity contribution in [3.63, 3.8) is 0 Å². The largest absolute Gasteiger partial charge is 0.497 e. The number of fused-ring (bicyclic) bond motifs is 6. The number of esters is 1. The molecule has 0 aliphatic carbocycles. The molecule has 1 saturated heterocycles. The minimum absolute atomic E-state index is 0.124. The molecule has 6 nitrogen and oxygen atoms in total. The van der Waals surface area contributed by atoms with Crippen molar-refractivity contribution >= 4 is 16.9 Å². The first-order chi connectivity index (χ1) is 13.5. The molecule has 0 radical (unpaired) electrons. The van der Waals surface area contributed by atoms with Crippen molar-refractivity contribution in [1.29, 1.82) is 0 Å². The molecule has 0 saturated carbocycles. The minimum Gasteiger partial charge on any atom is -0.497 e. The molecule has 2 aromatic rings. The summed E-state index contributed by atoms with van der Waals surface area (Å²) in [5.74, 6) is 1.79. The minimum atomic E-state index is -0.285. The number of carbonyl (C=O) groups is 1. The predicted octanol–water partition coefficient (Wildman–Crippen LogP) is 3.54. The van der Waals surface area contributed by atoms with E-state index in [-0.39, 0.29) is 18.0 Å². The average Bonchev–Trinajstić information content (AvgIpc) is 3.07. The van der Waals surface area contributed by atoms with Gasteiger partial charge in [-0.15, -0.1) is 0 Å². The number of allylic oxidation sites excluding steroid dienone is 1. The van der Waals surface area contributed by atoms with E-state index in [0.29, 0.717) is 17.7 Å². The number of piperidine rings is 1. The van der Waals surface area contributed by atoms with Gasteiger partial charge < -0.3 is 19.2 Å². The highest BCUT2D eigenvalue weighted by atomic mass is 16.6. The normalized spacial score (nSPS) is 29.2. The zero-order chi connectivity index (χ0) is 19.4. The van der Waals surface area contributed by atoms with Gasteiger partial charge in [0.25, 0.3) is 0 Å². The molecule has 4 atom stereocenters. The average molecular weight is 382 g/mol. The van der Waals surface area contributed by atoms with E-state index >= 15 is 0 Å². The molecule has 0 amide bonds. The number of hydrogen-bond acceptors (Lipinski definition) is 5. The van der Waals surface area contributed by atoms with Crippen LogP contribution in [0.25, 0.3) is 10.9 Å². The number of aromatic amines is 1. The van der Waals surface area contributed by atoms with Gasteiger partial charge in [-0.2, -0.15) is 0 Å². The molecule has 0 unspecified atom stereocenters. The Morgan fingerprint density at radius 1 is 1.36 bits per heavy atom. The Kier molecular flexibility index (Phi) is 4.12. The number of nitrogens with zero attached hydrogens (tertiary/aromatic N) is 1. The fourth-order valence-electron chi connectivity index (χ4n) is 5.26. The van der Waals surface area contributed by atoms with Crippen LogP contribution in [0.1, 0.15) is 37.6 Å². The third-order valence-electron chi connectivity index (χ3n) is 6.64. The highest BCUT2D eigenvalue weighted by molar-refractivity contribution is 5.86. The SMILES string of the molecule is COc1ccc2c3c([nH]c2c1)[C@@H]1C[C@@H]2C(OC(C)=O)=CO[C@H](C)[C@@H]2CN1CC3. The molecular weight excluding hydrogens is 356 g/mol. The van der Waals surface area contributed by atoms with Crippen molar-refractivity contribution in [3.05, 3.63) is 41.5 Å². The number of benzene rings is 1. The molecule has 1 aromatic heterocycles. The lowest BCUT2D eigenvalue weighted by molar-refractivity contribution is -0.141. The Bertz CT molecular complexity index is 963. The van der Waals surface area contributed by atoms with Crippen LogP contribution in [0.15, 0.2) is 30.2 Å². The van der Waals surface area contributed by atoms with Crippen molar-refractivity contribution in [2.75, 3.05) is 20.2 Å². The van der Waals surface area contributed by atoms with E-state index in [4.69, 9.17) is 14.2 Å². The second-order valence-electron chi connectivity index (χ2n) is 8.15. The van der Waals surface area contributed by atoms with Crippen LogP contribution >= 0.6 is 0 Å². The molecule has 1 aromatic carbocycles. The predicted molar refractivity (Wildman–Crippen MR) is 105 cm³/mol. The Morgan fingerprint density at radius 2 is 2.21 bits per heavy atom. The van der Waals surface area contributed by atoms with Gasteiger partial charge in [0.15, 0.2) is 0 Å². The molecule has 3 aliphatic rings. The van der Waals surface area contributed by atoms with Gasteiger partial charge in [-0.25, -0.2) is 0 Å². The van der Waals surface area contributed by atoms with Crippen LogP contribution < -0.4 is 4.74 Å². The van der Waals surface area contributed by atoms with Gasteiger partial charge in [-0.1, -0.05) is 0 Å². The molecule has 6 heteroatoms. The molecule has 148 valence electrons. The number of ether oxygens (including phenoxy) is 3. The summed E-state index contributed by atoms with van der Waals surface area (Å²) in [6, 6.07) is 6.56. The van der Waals surface area contributed by atoms with E-state index in [1.54, 1.807) is 13.4 Å². The maximum Gasteiger partial charge on any atom is 0.307 e. The number of rotatable bonds is 2. The maximum absolute atomic E-state index is 11.6. The van der Waals surface area contributed by atoms with Crippen LogP contribution in [0.2, 0.25) is 0 Å². The summed E-state index contributed by atoms with van der Waals surface area (Å²) in [6.07, 6.45) is 3.74. The highest BCUT2D eigenvalue weighted by Gasteiger charge is 2.46. The standard InChI is InChI=1S/C22H26N2O4/c1-12-18-10-24-7-6-16-15-5-4-14(26-3)8-19(15)23-22(16)20(24)9-17(18)21(11-27-12)28-13(2)25/h4-5,8,11-12,17-18,20,23H,6-7,9-10H2,1-3H3/t12-,17+,18+,20+/m1/s1. The van der Waals surface area contributed by atoms with Crippen molar-refractivity contribution in [3.8, 4) is 5.75 Å². The van der Waals surface area contributed by atoms with Crippen LogP contribution in [-0.4, -0.2) is 42.2 Å². The molecular formula is C22H26N2O4. The zero-order valence-corrected chi connectivity index (χ0v) is 16.5. The van der Waals surface area contributed by atoms with E-state index in [1.807, 2.05) is 6.07 Å². The Hall–Kier alpha value is -2.47. The summed E-state index contributed by atoms with van der Waals surface area (Å²) in [6.45, 7) is 5.56. The van der Waals surface area contributed by atoms with E-state index in [1.165, 1.54) is 23.6 Å². The molecule has 0 bridgehead atoms. The van der Waals surface area contributed by atoms with Crippen molar-refractivity contribution in [2.24, 2.45) is 11.8 Å². The van der Waals surface area contributed by atoms with Crippen LogP contribution in [0.3, 0.4) is 0 Å². The number of methoxy groups -OCH3 is 1. The Balaban J connectivity index is 1.52. The Labute approximate surface area is 164 Å². The highest BCUT2D eigenvalue weighted by Crippen LogP contribution is 2.47. The summed E-state index contributed by atoms with van der Waals surface area (Å²) < 4.78 is 16.7. The van der Waals surface area contributed by atoms with Gasteiger partial charge in [0.2, 0.25) is 0 Å². The number of aromatic nitrogens is 1. The molecule has 1 N–H and O–H groups in total. The van der Waals surface area contributed by atoms with Crippen LogP contribution in [0, 0.1) is 11.8 Å². The maximum atomic E-state index is 11.6. The van der Waals surface area contributed by atoms with E-state index in [0.717, 1.165) is 37.2 Å². The zero-order valence-electron chi connectivity index (χ0n) is 16.5. The fourth-order valence-corrected chi connectivity index (χ4v) is 5.26. The van der Waals surface area contributed by atoms with Gasteiger partial charge in [0, 0.05) is 54.5 Å². The molecule has 1 fully saturated rings. The van der Waals surface area contributed by atoms with E-state index in [2.05, 4.69) is 28.9 Å². The smallest absolute Gasteiger partial charge is 0.307 e. The lowest BCUT2D eigenvalue weighted by Gasteiger charge is -2.49. The number of nitrogens with one attached hydrogen (secondary N) is 1. The van der Waals surface area contributed by atoms with E-state index in [9.17, 15) is 4.79 Å². The van der Waals surface area contributed by atoms with Crippen molar-refractivity contribution < 1.29 is 19.0 Å². The lowest BCUT2D eigenvalue weighted by Crippen LogP contribution is -2.51. The Morgan fingerprint density at radius 3 is 3.00 bits per heavy atom. The molecule has 0 spiro atoms. The third-order valence-corrected chi connectivity index (χ3v) is 6.64. The van der Waals surface area contributed by atoms with Gasteiger partial charge >= 0.3 is 5.97 Å². The summed E-state index contributed by atoms with van der Waals surface area (Å²) in [5, 5.41) is 1.29. The third kappa shape index (κ3) is 2.70. The summed E-state index contributed by atoms with van der Waals surface area (Å²) in [5.41, 5.74) is 3.84. The second-order valence-corrected chi connectivity index (χ2v) is 8.15. The second kappa shape index (κ2) is 6.55. The van der Waals surface area contributed by atoms with Crippen LogP contribution in [-0.2, 0) is 20.7 Å². The van der Waals surface area contributed by atoms with Crippen LogP contribution in [0.5, 0.6) is 5.75 Å². The number of hydrogen-bond donors (Lipinski definition) is 1. The fraction of sp³-hybridized carbons (Fsp3) is 0.500. The quantitative estimate of drug-likeness (QED) is 0.805. The summed E-state index contributed by atoms with van der Waals surface area (Å²) in [7, 11) is 1.70. The van der Waals surface area contributed by atoms with Gasteiger partial charge in [-0.05, 0) is 37.5 Å². The first kappa shape index (κ1) is 17.6. The van der Waals surface area contributed by atoms with Crippen molar-refractivity contribution in [1.82, 2.24) is 9.88 Å². The lowest BCUT2D eigenvalue weighted by atomic mass is 9.74. The van der Waals surface area contributed by atoms with Gasteiger partial charge in [0.05, 0.1) is 19.3 Å². The first-order valence-electron chi connectivity index (χ1n) is 10.0.